The molecule has 0 amide bonds. The fourth-order valence-corrected chi connectivity index (χ4v) is 1.68. The number of carbonyl (C=O) groups is 1. The predicted molar refractivity (Wildman–Crippen MR) is 44.9 cm³/mol. The number of ether oxygens (including phenoxy) is 1. The Bertz CT molecular complexity index is 159. The van der Waals surface area contributed by atoms with Gasteiger partial charge in [-0.15, -0.1) is 0 Å². The van der Waals surface area contributed by atoms with Crippen LogP contribution < -0.4 is 0 Å². The van der Waals surface area contributed by atoms with E-state index in [0.717, 1.165) is 19.3 Å². The van der Waals surface area contributed by atoms with E-state index >= 15 is 0 Å². The molecule has 1 rings (SSSR count). The van der Waals surface area contributed by atoms with Gasteiger partial charge in [0.1, 0.15) is 12.2 Å². The summed E-state index contributed by atoms with van der Waals surface area (Å²) in [6, 6.07) is 0. The van der Waals surface area contributed by atoms with Crippen LogP contribution in [0.3, 0.4) is 0 Å². The van der Waals surface area contributed by atoms with E-state index in [1.54, 1.807) is 0 Å². The van der Waals surface area contributed by atoms with E-state index in [2.05, 4.69) is 0 Å². The third-order valence-electron chi connectivity index (χ3n) is 2.48. The van der Waals surface area contributed by atoms with Gasteiger partial charge in [-0.2, -0.15) is 0 Å². The summed E-state index contributed by atoms with van der Waals surface area (Å²) < 4.78 is 4.71. The van der Waals surface area contributed by atoms with Crippen LogP contribution >= 0.6 is 0 Å². The third kappa shape index (κ3) is 2.05. The summed E-state index contributed by atoms with van der Waals surface area (Å²) in [6.45, 7) is 0.0382. The van der Waals surface area contributed by atoms with Crippen LogP contribution in [0, 0.1) is 0 Å². The Morgan fingerprint density at radius 2 is 2.00 bits per heavy atom. The second-order valence-corrected chi connectivity index (χ2v) is 3.45. The monoisotopic (exact) mass is 172 g/mol. The molecule has 0 bridgehead atoms. The minimum Gasteiger partial charge on any atom is -0.382 e. The average molecular weight is 172 g/mol. The molecule has 3 nitrogen and oxygen atoms in total. The van der Waals surface area contributed by atoms with E-state index in [9.17, 15) is 9.90 Å². The zero-order valence-corrected chi connectivity index (χ0v) is 7.51. The van der Waals surface area contributed by atoms with Crippen molar-refractivity contribution in [3.8, 4) is 0 Å². The van der Waals surface area contributed by atoms with Gasteiger partial charge in [0.05, 0.1) is 0 Å². The van der Waals surface area contributed by atoms with Gasteiger partial charge >= 0.3 is 0 Å². The largest absolute Gasteiger partial charge is 0.382 e. The van der Waals surface area contributed by atoms with Crippen LogP contribution in [-0.2, 0) is 9.53 Å². The number of Topliss-reactive ketones (excluding diaryl/α,β-unsaturated/α-hetero) is 1. The smallest absolute Gasteiger partial charge is 0.189 e. The van der Waals surface area contributed by atoms with Crippen LogP contribution in [0.4, 0.5) is 0 Å². The van der Waals surface area contributed by atoms with Crippen LogP contribution in [-0.4, -0.2) is 30.2 Å². The third-order valence-corrected chi connectivity index (χ3v) is 2.48. The summed E-state index contributed by atoms with van der Waals surface area (Å²) in [4.78, 5) is 11.3. The second kappa shape index (κ2) is 4.01. The molecule has 1 fully saturated rings. The van der Waals surface area contributed by atoms with Crippen molar-refractivity contribution in [2.24, 2.45) is 0 Å². The van der Waals surface area contributed by atoms with Crippen molar-refractivity contribution in [3.63, 3.8) is 0 Å². The minimum absolute atomic E-state index is 0.0382. The number of aliphatic hydroxyl groups is 1. The SMILES string of the molecule is COCC(=O)C1(O)CCCCC1. The molecule has 0 heterocycles. The van der Waals surface area contributed by atoms with Crippen molar-refractivity contribution in [1.82, 2.24) is 0 Å². The first-order valence-electron chi connectivity index (χ1n) is 4.44. The highest BCUT2D eigenvalue weighted by Crippen LogP contribution is 2.28. The maximum atomic E-state index is 11.3. The molecule has 1 aliphatic rings. The zero-order chi connectivity index (χ0) is 9.03. The first-order chi connectivity index (χ1) is 5.69. The van der Waals surface area contributed by atoms with Gasteiger partial charge in [-0.1, -0.05) is 19.3 Å². The van der Waals surface area contributed by atoms with Crippen molar-refractivity contribution in [2.45, 2.75) is 37.7 Å². The van der Waals surface area contributed by atoms with E-state index in [1.807, 2.05) is 0 Å². The van der Waals surface area contributed by atoms with Crippen LogP contribution in [0.5, 0.6) is 0 Å². The highest BCUT2D eigenvalue weighted by Gasteiger charge is 2.36. The molecule has 1 saturated carbocycles. The Hall–Kier alpha value is -0.410. The van der Waals surface area contributed by atoms with Crippen LogP contribution in [0.1, 0.15) is 32.1 Å². The van der Waals surface area contributed by atoms with Crippen molar-refractivity contribution in [3.05, 3.63) is 0 Å². The molecule has 1 aliphatic carbocycles. The lowest BCUT2D eigenvalue weighted by Crippen LogP contribution is -2.42. The van der Waals surface area contributed by atoms with Crippen molar-refractivity contribution in [1.29, 1.82) is 0 Å². The number of hydrogen-bond donors (Lipinski definition) is 1. The molecule has 0 aliphatic heterocycles. The summed E-state index contributed by atoms with van der Waals surface area (Å²) in [7, 11) is 1.48. The Morgan fingerprint density at radius 1 is 1.42 bits per heavy atom. The summed E-state index contributed by atoms with van der Waals surface area (Å²) in [5.41, 5.74) is -1.08. The van der Waals surface area contributed by atoms with Gasteiger partial charge in [-0.05, 0) is 12.8 Å². The summed E-state index contributed by atoms with van der Waals surface area (Å²) in [5, 5.41) is 9.84. The molecule has 0 unspecified atom stereocenters. The van der Waals surface area contributed by atoms with Crippen molar-refractivity contribution >= 4 is 5.78 Å². The lowest BCUT2D eigenvalue weighted by atomic mass is 9.82. The lowest BCUT2D eigenvalue weighted by Gasteiger charge is -2.30. The lowest BCUT2D eigenvalue weighted by molar-refractivity contribution is -0.144. The molecule has 0 atom stereocenters. The fraction of sp³-hybridized carbons (Fsp3) is 0.889. The molecule has 0 aromatic carbocycles. The highest BCUT2D eigenvalue weighted by atomic mass is 16.5. The highest BCUT2D eigenvalue weighted by molar-refractivity contribution is 5.88. The molecule has 0 radical (unpaired) electrons. The first-order valence-corrected chi connectivity index (χ1v) is 4.44. The Morgan fingerprint density at radius 3 is 2.50 bits per heavy atom. The topological polar surface area (TPSA) is 46.5 Å². The van der Waals surface area contributed by atoms with Gasteiger partial charge < -0.3 is 9.84 Å². The Labute approximate surface area is 72.7 Å². The molecule has 3 heteroatoms. The maximum absolute atomic E-state index is 11.3. The van der Waals surface area contributed by atoms with Gasteiger partial charge in [0.15, 0.2) is 5.78 Å². The van der Waals surface area contributed by atoms with Crippen molar-refractivity contribution in [2.75, 3.05) is 13.7 Å². The van der Waals surface area contributed by atoms with Crippen LogP contribution in [0.25, 0.3) is 0 Å². The molecular formula is C9H16O3. The van der Waals surface area contributed by atoms with Gasteiger partial charge in [-0.25, -0.2) is 0 Å². The number of methoxy groups -OCH3 is 1. The van der Waals surface area contributed by atoms with Crippen molar-refractivity contribution < 1.29 is 14.6 Å². The van der Waals surface area contributed by atoms with E-state index in [-0.39, 0.29) is 12.4 Å². The van der Waals surface area contributed by atoms with Gasteiger partial charge in [0, 0.05) is 7.11 Å². The van der Waals surface area contributed by atoms with E-state index in [0.29, 0.717) is 12.8 Å². The first kappa shape index (κ1) is 9.68. The Balaban J connectivity index is 2.50. The predicted octanol–water partition coefficient (Wildman–Crippen LogP) is 0.897. The normalized spacial score (nSPS) is 22.2. The molecular weight excluding hydrogens is 156 g/mol. The summed E-state index contributed by atoms with van der Waals surface area (Å²) in [5.74, 6) is -0.162. The number of hydrogen-bond acceptors (Lipinski definition) is 3. The molecule has 0 spiro atoms. The number of rotatable bonds is 3. The molecule has 1 N–H and O–H groups in total. The van der Waals surface area contributed by atoms with Crippen LogP contribution in [0.2, 0.25) is 0 Å². The van der Waals surface area contributed by atoms with E-state index in [1.165, 1.54) is 7.11 Å². The van der Waals surface area contributed by atoms with E-state index in [4.69, 9.17) is 4.74 Å². The maximum Gasteiger partial charge on any atom is 0.189 e. The summed E-state index contributed by atoms with van der Waals surface area (Å²) >= 11 is 0. The van der Waals surface area contributed by atoms with E-state index < -0.39 is 5.60 Å². The number of carbonyl (C=O) groups excluding carboxylic acids is 1. The minimum atomic E-state index is -1.08. The van der Waals surface area contributed by atoms with Gasteiger partial charge in [0.25, 0.3) is 0 Å². The second-order valence-electron chi connectivity index (χ2n) is 3.45. The van der Waals surface area contributed by atoms with Gasteiger partial charge in [-0.3, -0.25) is 4.79 Å². The summed E-state index contributed by atoms with van der Waals surface area (Å²) in [6.07, 6.45) is 4.24. The molecule has 70 valence electrons. The zero-order valence-electron chi connectivity index (χ0n) is 7.51. The molecule has 0 aromatic rings. The van der Waals surface area contributed by atoms with Gasteiger partial charge in [0.2, 0.25) is 0 Å². The van der Waals surface area contributed by atoms with Crippen LogP contribution in [0.15, 0.2) is 0 Å². The molecule has 0 aromatic heterocycles. The average Bonchev–Trinajstić information content (AvgIpc) is 2.06. The molecule has 12 heavy (non-hydrogen) atoms. The number of ketones is 1. The Kier molecular flexibility index (Phi) is 3.23. The quantitative estimate of drug-likeness (QED) is 0.688. The standard InChI is InChI=1S/C9H16O3/c1-12-7-8(10)9(11)5-3-2-4-6-9/h11H,2-7H2,1H3. The fourth-order valence-electron chi connectivity index (χ4n) is 1.68. The molecule has 0 saturated heterocycles.